The van der Waals surface area contributed by atoms with Gasteiger partial charge in [-0.2, -0.15) is 0 Å². The van der Waals surface area contributed by atoms with Crippen LogP contribution in [0, 0.1) is 27.7 Å². The summed E-state index contributed by atoms with van der Waals surface area (Å²) in [5.41, 5.74) is 7.32. The molecule has 1 rings (SSSR count). The van der Waals surface area contributed by atoms with E-state index in [4.69, 9.17) is 0 Å². The number of aryl methyl sites for hydroxylation is 2. The van der Waals surface area contributed by atoms with Crippen LogP contribution in [0.2, 0.25) is 0 Å². The molecule has 0 atom stereocenters. The molecule has 0 aliphatic rings. The number of hydrogen-bond donors (Lipinski definition) is 0. The summed E-state index contributed by atoms with van der Waals surface area (Å²) in [7, 11) is 0. The summed E-state index contributed by atoms with van der Waals surface area (Å²) in [4.78, 5) is 0. The van der Waals surface area contributed by atoms with Crippen molar-refractivity contribution in [2.75, 3.05) is 0 Å². The molecule has 0 fully saturated rings. The SMILES string of the molecule is CC.CC.CCc1c(C)cc(C)c(C)c1C. The second kappa shape index (κ2) is 9.45. The first-order valence-electron chi connectivity index (χ1n) is 6.64. The number of hydrogen-bond acceptors (Lipinski definition) is 0. The minimum Gasteiger partial charge on any atom is -0.0683 e. The van der Waals surface area contributed by atoms with Gasteiger partial charge in [0.25, 0.3) is 0 Å². The van der Waals surface area contributed by atoms with Gasteiger partial charge in [-0.05, 0) is 61.9 Å². The van der Waals surface area contributed by atoms with Crippen molar-refractivity contribution >= 4 is 0 Å². The van der Waals surface area contributed by atoms with E-state index in [1.165, 1.54) is 27.8 Å². The largest absolute Gasteiger partial charge is 0.0683 e. The maximum Gasteiger partial charge on any atom is -0.0302 e. The molecule has 0 heterocycles. The molecule has 0 heteroatoms. The highest BCUT2D eigenvalue weighted by atomic mass is 14.1. The van der Waals surface area contributed by atoms with Crippen molar-refractivity contribution in [1.29, 1.82) is 0 Å². The molecule has 1 aromatic carbocycles. The summed E-state index contributed by atoms with van der Waals surface area (Å²) in [6, 6.07) is 2.29. The predicted octanol–water partition coefficient (Wildman–Crippen LogP) is 5.54. The second-order valence-electron chi connectivity index (χ2n) is 3.59. The average molecular weight is 222 g/mol. The van der Waals surface area contributed by atoms with Crippen molar-refractivity contribution in [3.63, 3.8) is 0 Å². The highest BCUT2D eigenvalue weighted by Crippen LogP contribution is 2.21. The van der Waals surface area contributed by atoms with E-state index in [9.17, 15) is 0 Å². The van der Waals surface area contributed by atoms with E-state index in [2.05, 4.69) is 40.7 Å². The van der Waals surface area contributed by atoms with E-state index in [-0.39, 0.29) is 0 Å². The highest BCUT2D eigenvalue weighted by molar-refractivity contribution is 5.43. The van der Waals surface area contributed by atoms with Crippen molar-refractivity contribution < 1.29 is 0 Å². The second-order valence-corrected chi connectivity index (χ2v) is 3.59. The third kappa shape index (κ3) is 4.38. The molecular formula is C16H30. The fourth-order valence-corrected chi connectivity index (χ4v) is 1.88. The van der Waals surface area contributed by atoms with Crippen molar-refractivity contribution in [1.82, 2.24) is 0 Å². The molecule has 0 saturated heterocycles. The molecule has 0 radical (unpaired) electrons. The van der Waals surface area contributed by atoms with Gasteiger partial charge >= 0.3 is 0 Å². The normalized spacial score (nSPS) is 8.56. The van der Waals surface area contributed by atoms with Gasteiger partial charge in [-0.1, -0.05) is 40.7 Å². The average Bonchev–Trinajstić information content (AvgIpc) is 2.32. The van der Waals surface area contributed by atoms with E-state index in [0.717, 1.165) is 6.42 Å². The van der Waals surface area contributed by atoms with E-state index in [1.807, 2.05) is 27.7 Å². The van der Waals surface area contributed by atoms with Crippen LogP contribution in [0.4, 0.5) is 0 Å². The molecule has 0 spiro atoms. The third-order valence-corrected chi connectivity index (χ3v) is 2.87. The molecule has 0 amide bonds. The lowest BCUT2D eigenvalue weighted by molar-refractivity contribution is 1.05. The van der Waals surface area contributed by atoms with Crippen molar-refractivity contribution in [3.05, 3.63) is 33.9 Å². The minimum absolute atomic E-state index is 1.15. The van der Waals surface area contributed by atoms with Crippen LogP contribution in [-0.4, -0.2) is 0 Å². The van der Waals surface area contributed by atoms with Crippen LogP contribution < -0.4 is 0 Å². The van der Waals surface area contributed by atoms with Gasteiger partial charge in [0.15, 0.2) is 0 Å². The van der Waals surface area contributed by atoms with E-state index in [1.54, 1.807) is 0 Å². The monoisotopic (exact) mass is 222 g/mol. The fourth-order valence-electron chi connectivity index (χ4n) is 1.88. The molecule has 0 saturated carbocycles. The number of benzene rings is 1. The summed E-state index contributed by atoms with van der Waals surface area (Å²) in [6.07, 6.45) is 1.15. The Labute approximate surface area is 103 Å². The van der Waals surface area contributed by atoms with Gasteiger partial charge in [0.2, 0.25) is 0 Å². The van der Waals surface area contributed by atoms with E-state index >= 15 is 0 Å². The molecule has 1 aromatic rings. The Kier molecular flexibility index (Phi) is 10.4. The molecular weight excluding hydrogens is 192 g/mol. The first-order valence-corrected chi connectivity index (χ1v) is 6.64. The summed E-state index contributed by atoms with van der Waals surface area (Å²) < 4.78 is 0. The Hall–Kier alpha value is -0.780. The topological polar surface area (TPSA) is 0 Å². The Balaban J connectivity index is 0. The van der Waals surface area contributed by atoms with E-state index < -0.39 is 0 Å². The molecule has 0 N–H and O–H groups in total. The first-order chi connectivity index (χ1) is 7.57. The Bertz CT molecular complexity index is 295. The van der Waals surface area contributed by atoms with Gasteiger partial charge in [-0.3, -0.25) is 0 Å². The molecule has 0 bridgehead atoms. The smallest absolute Gasteiger partial charge is 0.0302 e. The third-order valence-electron chi connectivity index (χ3n) is 2.87. The van der Waals surface area contributed by atoms with Crippen LogP contribution in [-0.2, 0) is 6.42 Å². The maximum atomic E-state index is 2.29. The molecule has 94 valence electrons. The lowest BCUT2D eigenvalue weighted by Crippen LogP contribution is -1.96. The lowest BCUT2D eigenvalue weighted by atomic mass is 9.93. The molecule has 0 aliphatic carbocycles. The van der Waals surface area contributed by atoms with Crippen LogP contribution in [0.25, 0.3) is 0 Å². The zero-order valence-corrected chi connectivity index (χ0v) is 12.8. The molecule has 0 unspecified atom stereocenters. The quantitative estimate of drug-likeness (QED) is 0.585. The van der Waals surface area contributed by atoms with Gasteiger partial charge in [-0.15, -0.1) is 0 Å². The Morgan fingerprint density at radius 1 is 0.750 bits per heavy atom. The zero-order valence-electron chi connectivity index (χ0n) is 12.8. The molecule has 0 aliphatic heterocycles. The summed E-state index contributed by atoms with van der Waals surface area (Å²) >= 11 is 0. The van der Waals surface area contributed by atoms with Crippen LogP contribution in [0.15, 0.2) is 6.07 Å². The van der Waals surface area contributed by atoms with Gasteiger partial charge in [-0.25, -0.2) is 0 Å². The van der Waals surface area contributed by atoms with E-state index in [0.29, 0.717) is 0 Å². The van der Waals surface area contributed by atoms with Crippen molar-refractivity contribution in [3.8, 4) is 0 Å². The van der Waals surface area contributed by atoms with Crippen LogP contribution in [0.3, 0.4) is 0 Å². The standard InChI is InChI=1S/C12H18.2C2H6/c1-6-12-9(3)7-8(2)10(4)11(12)5;2*1-2/h7H,6H2,1-5H3;2*1-2H3. The van der Waals surface area contributed by atoms with Crippen LogP contribution in [0.5, 0.6) is 0 Å². The van der Waals surface area contributed by atoms with Gasteiger partial charge in [0.1, 0.15) is 0 Å². The summed E-state index contributed by atoms with van der Waals surface area (Å²) in [6.45, 7) is 19.1. The van der Waals surface area contributed by atoms with Crippen LogP contribution >= 0.6 is 0 Å². The molecule has 16 heavy (non-hydrogen) atoms. The molecule has 0 aromatic heterocycles. The maximum absolute atomic E-state index is 2.29. The highest BCUT2D eigenvalue weighted by Gasteiger charge is 2.05. The lowest BCUT2D eigenvalue weighted by Gasteiger charge is -2.13. The van der Waals surface area contributed by atoms with Gasteiger partial charge in [0, 0.05) is 0 Å². The fraction of sp³-hybridized carbons (Fsp3) is 0.625. The van der Waals surface area contributed by atoms with Crippen LogP contribution in [0.1, 0.15) is 62.4 Å². The molecule has 0 nitrogen and oxygen atoms in total. The predicted molar refractivity (Wildman–Crippen MR) is 77.5 cm³/mol. The summed E-state index contributed by atoms with van der Waals surface area (Å²) in [5.74, 6) is 0. The van der Waals surface area contributed by atoms with Crippen molar-refractivity contribution in [2.24, 2.45) is 0 Å². The van der Waals surface area contributed by atoms with Gasteiger partial charge < -0.3 is 0 Å². The first kappa shape index (κ1) is 17.6. The summed E-state index contributed by atoms with van der Waals surface area (Å²) in [5, 5.41) is 0. The number of rotatable bonds is 1. The Morgan fingerprint density at radius 2 is 1.19 bits per heavy atom. The zero-order chi connectivity index (χ0) is 13.3. The minimum atomic E-state index is 1.15. The van der Waals surface area contributed by atoms with Gasteiger partial charge in [0.05, 0.1) is 0 Å². The van der Waals surface area contributed by atoms with Crippen molar-refractivity contribution in [2.45, 2.75) is 68.7 Å². The Morgan fingerprint density at radius 3 is 1.56 bits per heavy atom.